The molecule has 5 nitrogen and oxygen atoms in total. The highest BCUT2D eigenvalue weighted by Crippen LogP contribution is 2.29. The molecular formula is C14H16BrIN4O. The van der Waals surface area contributed by atoms with E-state index in [2.05, 4.69) is 59.4 Å². The fourth-order valence-electron chi connectivity index (χ4n) is 3.11. The van der Waals surface area contributed by atoms with Gasteiger partial charge < -0.3 is 5.32 Å². The molecule has 0 spiro atoms. The fraction of sp³-hybridized carbons (Fsp3) is 0.429. The van der Waals surface area contributed by atoms with Crippen LogP contribution < -0.4 is 10.6 Å². The van der Waals surface area contributed by atoms with Crippen LogP contribution in [0.15, 0.2) is 22.7 Å². The minimum absolute atomic E-state index is 0.0959. The number of fused-ring (bicyclic) bond motifs is 3. The summed E-state index contributed by atoms with van der Waals surface area (Å²) in [4.78, 5) is 14.6. The Morgan fingerprint density at radius 3 is 2.90 bits per heavy atom. The Hall–Kier alpha value is -0.510. The number of H-pyrrole nitrogens is 1. The molecule has 2 bridgehead atoms. The summed E-state index contributed by atoms with van der Waals surface area (Å²) in [5.74, 6) is 0.488. The van der Waals surface area contributed by atoms with Crippen LogP contribution in [-0.2, 0) is 0 Å². The molecule has 0 saturated carbocycles. The average molecular weight is 463 g/mol. The summed E-state index contributed by atoms with van der Waals surface area (Å²) in [5, 5.41) is 14.7. The van der Waals surface area contributed by atoms with E-state index in [-0.39, 0.29) is 11.8 Å². The van der Waals surface area contributed by atoms with Crippen LogP contribution in [0, 0.1) is 5.92 Å². The van der Waals surface area contributed by atoms with Crippen molar-refractivity contribution in [2.24, 2.45) is 5.92 Å². The number of ketones is 1. The van der Waals surface area contributed by atoms with E-state index in [4.69, 9.17) is 0 Å². The molecule has 2 saturated heterocycles. The molecule has 3 N–H and O–H groups in total. The molecule has 4 rings (SSSR count). The second kappa shape index (κ2) is 6.31. The maximum atomic E-state index is 12.6. The third kappa shape index (κ3) is 2.76. The van der Waals surface area contributed by atoms with Crippen LogP contribution in [0.1, 0.15) is 16.9 Å². The van der Waals surface area contributed by atoms with Gasteiger partial charge in [-0.15, -0.1) is 0 Å². The number of hydrogen-bond donors (Lipinski definition) is 3. The molecule has 2 aliphatic rings. The Labute approximate surface area is 144 Å². The van der Waals surface area contributed by atoms with E-state index in [0.29, 0.717) is 17.8 Å². The lowest BCUT2D eigenvalue weighted by Crippen LogP contribution is -2.50. The zero-order valence-electron chi connectivity index (χ0n) is 11.5. The van der Waals surface area contributed by atoms with Crippen LogP contribution in [0.4, 0.5) is 0 Å². The number of benzene rings is 1. The van der Waals surface area contributed by atoms with E-state index in [1.54, 1.807) is 0 Å². The van der Waals surface area contributed by atoms with Gasteiger partial charge in [0.1, 0.15) is 5.69 Å². The molecule has 1 unspecified atom stereocenters. The van der Waals surface area contributed by atoms with E-state index in [1.165, 1.54) is 0 Å². The topological polar surface area (TPSA) is 69.8 Å². The summed E-state index contributed by atoms with van der Waals surface area (Å²) in [6.45, 7) is 0.919. The van der Waals surface area contributed by atoms with E-state index in [9.17, 15) is 4.79 Å². The van der Waals surface area contributed by atoms with Crippen molar-refractivity contribution in [3.05, 3.63) is 28.4 Å². The standard InChI is InChI=1S/C13H13BrN4O.CH3I/c14-7-1-2-8-9(4-7)17-18-12(8)13(19)11-6-3-10(16-11)15-5-6;1-2/h1-2,4,6,10-11,15-16H,3,5H2,(H,17,18);1H3/t6-,10+,11?;/m0./s1. The van der Waals surface area contributed by atoms with Crippen LogP contribution >= 0.6 is 38.5 Å². The minimum Gasteiger partial charge on any atom is -0.302 e. The molecule has 3 atom stereocenters. The third-order valence-corrected chi connectivity index (χ3v) is 4.55. The lowest BCUT2D eigenvalue weighted by molar-refractivity contribution is 0.0915. The highest BCUT2D eigenvalue weighted by molar-refractivity contribution is 14.1. The molecular weight excluding hydrogens is 447 g/mol. The first-order valence-electron chi connectivity index (χ1n) is 6.77. The highest BCUT2D eigenvalue weighted by atomic mass is 127. The first kappa shape index (κ1) is 15.4. The van der Waals surface area contributed by atoms with Crippen molar-refractivity contribution in [2.45, 2.75) is 18.6 Å². The molecule has 3 heterocycles. The normalized spacial score (nSPS) is 26.7. The van der Waals surface area contributed by atoms with Crippen molar-refractivity contribution in [3.63, 3.8) is 0 Å². The zero-order chi connectivity index (χ0) is 15.0. The molecule has 0 aliphatic carbocycles. The van der Waals surface area contributed by atoms with Crippen molar-refractivity contribution in [3.8, 4) is 0 Å². The lowest BCUT2D eigenvalue weighted by Gasteiger charge is -2.21. The number of rotatable bonds is 2. The van der Waals surface area contributed by atoms with E-state index >= 15 is 0 Å². The first-order valence-corrected chi connectivity index (χ1v) is 9.72. The van der Waals surface area contributed by atoms with Crippen molar-refractivity contribution in [1.29, 1.82) is 0 Å². The third-order valence-electron chi connectivity index (χ3n) is 4.06. The van der Waals surface area contributed by atoms with Gasteiger partial charge in [-0.25, -0.2) is 0 Å². The Morgan fingerprint density at radius 2 is 2.24 bits per heavy atom. The van der Waals surface area contributed by atoms with Gasteiger partial charge in [0.2, 0.25) is 5.78 Å². The summed E-state index contributed by atoms with van der Waals surface area (Å²) >= 11 is 5.57. The number of nitrogens with zero attached hydrogens (tertiary/aromatic N) is 1. The SMILES string of the molecule is CI.O=C(c1n[nH]c2cc(Br)ccc12)C1N[C@@H]2C[C@H]1CN2. The molecule has 1 aromatic carbocycles. The Kier molecular flexibility index (Phi) is 4.63. The lowest BCUT2D eigenvalue weighted by atomic mass is 9.96. The number of nitrogens with one attached hydrogen (secondary N) is 3. The van der Waals surface area contributed by atoms with Crippen molar-refractivity contribution in [1.82, 2.24) is 20.8 Å². The van der Waals surface area contributed by atoms with Crippen LogP contribution in [0.3, 0.4) is 0 Å². The Morgan fingerprint density at radius 1 is 1.43 bits per heavy atom. The minimum atomic E-state index is -0.0959. The average Bonchev–Trinajstić information content (AvgIpc) is 3.22. The predicted octanol–water partition coefficient (Wildman–Crippen LogP) is 2.47. The highest BCUT2D eigenvalue weighted by Gasteiger charge is 2.43. The maximum Gasteiger partial charge on any atom is 0.200 e. The molecule has 112 valence electrons. The number of aromatic nitrogens is 2. The number of alkyl halides is 1. The van der Waals surface area contributed by atoms with Crippen LogP contribution in [0.25, 0.3) is 10.9 Å². The van der Waals surface area contributed by atoms with Crippen LogP contribution in [0.2, 0.25) is 0 Å². The first-order chi connectivity index (χ1) is 10.2. The van der Waals surface area contributed by atoms with Crippen molar-refractivity contribution >= 4 is 55.2 Å². The fourth-order valence-corrected chi connectivity index (χ4v) is 3.47. The number of hydrogen-bond acceptors (Lipinski definition) is 4. The molecule has 0 amide bonds. The molecule has 21 heavy (non-hydrogen) atoms. The number of carbonyl (C=O) groups is 1. The van der Waals surface area contributed by atoms with Gasteiger partial charge >= 0.3 is 0 Å². The van der Waals surface area contributed by atoms with Gasteiger partial charge in [0, 0.05) is 16.4 Å². The predicted molar refractivity (Wildman–Crippen MR) is 94.9 cm³/mol. The van der Waals surface area contributed by atoms with Gasteiger partial charge in [-0.3, -0.25) is 15.2 Å². The van der Waals surface area contributed by atoms with Gasteiger partial charge in [0.25, 0.3) is 0 Å². The van der Waals surface area contributed by atoms with E-state index < -0.39 is 0 Å². The van der Waals surface area contributed by atoms with E-state index in [1.807, 2.05) is 23.1 Å². The summed E-state index contributed by atoms with van der Waals surface area (Å²) in [7, 11) is 0. The monoisotopic (exact) mass is 462 g/mol. The van der Waals surface area contributed by atoms with Crippen molar-refractivity contribution in [2.75, 3.05) is 11.5 Å². The van der Waals surface area contributed by atoms with Gasteiger partial charge in [-0.2, -0.15) is 5.10 Å². The van der Waals surface area contributed by atoms with E-state index in [0.717, 1.165) is 28.3 Å². The van der Waals surface area contributed by atoms with Gasteiger partial charge in [0.05, 0.1) is 17.7 Å². The Balaban J connectivity index is 0.000000636. The van der Waals surface area contributed by atoms with Crippen molar-refractivity contribution < 1.29 is 4.79 Å². The summed E-state index contributed by atoms with van der Waals surface area (Å²) in [5.41, 5.74) is 1.44. The number of Topliss-reactive ketones (excluding diaryl/α,β-unsaturated/α-hetero) is 1. The second-order valence-electron chi connectivity index (χ2n) is 5.23. The largest absolute Gasteiger partial charge is 0.302 e. The number of halogens is 2. The maximum absolute atomic E-state index is 12.6. The number of aromatic amines is 1. The molecule has 7 heteroatoms. The van der Waals surface area contributed by atoms with Gasteiger partial charge in [-0.1, -0.05) is 38.5 Å². The van der Waals surface area contributed by atoms with Gasteiger partial charge in [-0.05, 0) is 35.5 Å². The zero-order valence-corrected chi connectivity index (χ0v) is 15.2. The summed E-state index contributed by atoms with van der Waals surface area (Å²) < 4.78 is 0.977. The molecule has 2 aliphatic heterocycles. The van der Waals surface area contributed by atoms with Gasteiger partial charge in [0.15, 0.2) is 0 Å². The summed E-state index contributed by atoms with van der Waals surface area (Å²) in [6.07, 6.45) is 1.32. The molecule has 2 fully saturated rings. The number of carbonyl (C=O) groups excluding carboxylic acids is 1. The Bertz CT molecular complexity index is 674. The molecule has 0 radical (unpaired) electrons. The van der Waals surface area contributed by atoms with Crippen LogP contribution in [-0.4, -0.2) is 39.7 Å². The summed E-state index contributed by atoms with van der Waals surface area (Å²) in [6, 6.07) is 5.71. The molecule has 1 aromatic heterocycles. The van der Waals surface area contributed by atoms with Crippen LogP contribution in [0.5, 0.6) is 0 Å². The molecule has 2 aromatic rings. The quantitative estimate of drug-likeness (QED) is 0.364. The smallest absolute Gasteiger partial charge is 0.200 e. The second-order valence-corrected chi connectivity index (χ2v) is 6.14.